The van der Waals surface area contributed by atoms with E-state index in [0.717, 1.165) is 18.4 Å². The Morgan fingerprint density at radius 1 is 1.26 bits per heavy atom. The molecule has 1 amide bonds. The van der Waals surface area contributed by atoms with Crippen LogP contribution in [0.2, 0.25) is 0 Å². The Kier molecular flexibility index (Phi) is 5.73. The van der Waals surface area contributed by atoms with Gasteiger partial charge in [0, 0.05) is 25.7 Å². The molecule has 1 aliphatic rings. The van der Waals surface area contributed by atoms with Crippen LogP contribution in [0.3, 0.4) is 0 Å². The molecular formula is C25H20FN7O2. The van der Waals surface area contributed by atoms with E-state index < -0.39 is 18.0 Å². The van der Waals surface area contributed by atoms with Gasteiger partial charge < -0.3 is 14.5 Å². The molecule has 1 aromatic carbocycles. The number of aromatic nitrogens is 4. The zero-order valence-corrected chi connectivity index (χ0v) is 18.8. The molecule has 1 N–H and O–H groups in total. The number of amides is 1. The topological polar surface area (TPSA) is 121 Å². The number of carbonyl (C=O) groups excluding carboxylic acids is 1. The van der Waals surface area contributed by atoms with Crippen LogP contribution < -0.4 is 5.32 Å². The molecule has 0 radical (unpaired) electrons. The first-order valence-electron chi connectivity index (χ1n) is 11.0. The van der Waals surface area contributed by atoms with E-state index in [1.165, 1.54) is 31.5 Å². The molecule has 0 aliphatic heterocycles. The van der Waals surface area contributed by atoms with Gasteiger partial charge in [0.05, 0.1) is 46.8 Å². The van der Waals surface area contributed by atoms with Gasteiger partial charge in [-0.05, 0) is 42.5 Å². The number of nitrogens with zero attached hydrogens (tertiary/aromatic N) is 6. The number of nitriles is 2. The molecule has 3 heterocycles. The third-order valence-corrected chi connectivity index (χ3v) is 5.94. The summed E-state index contributed by atoms with van der Waals surface area (Å²) >= 11 is 0. The van der Waals surface area contributed by atoms with Crippen LogP contribution in [0.15, 0.2) is 49.1 Å². The van der Waals surface area contributed by atoms with E-state index in [2.05, 4.69) is 21.5 Å². The van der Waals surface area contributed by atoms with E-state index in [9.17, 15) is 19.7 Å². The second kappa shape index (κ2) is 9.01. The highest BCUT2D eigenvalue weighted by Crippen LogP contribution is 2.40. The van der Waals surface area contributed by atoms with E-state index in [-0.39, 0.29) is 23.2 Å². The first-order chi connectivity index (χ1) is 17.0. The van der Waals surface area contributed by atoms with Crippen molar-refractivity contribution in [1.29, 1.82) is 10.5 Å². The lowest BCUT2D eigenvalue weighted by Gasteiger charge is -2.18. The van der Waals surface area contributed by atoms with Crippen molar-refractivity contribution in [2.45, 2.75) is 31.5 Å². The summed E-state index contributed by atoms with van der Waals surface area (Å²) in [5.74, 6) is -0.680. The second-order valence-electron chi connectivity index (χ2n) is 8.36. The maximum absolute atomic E-state index is 14.4. The predicted octanol–water partition coefficient (Wildman–Crippen LogP) is 3.41. The maximum Gasteiger partial charge on any atom is 0.256 e. The van der Waals surface area contributed by atoms with Crippen LogP contribution in [0.1, 0.15) is 63.3 Å². The quantitative estimate of drug-likeness (QED) is 0.414. The lowest BCUT2D eigenvalue weighted by atomic mass is 10.1. The van der Waals surface area contributed by atoms with E-state index in [4.69, 9.17) is 4.74 Å². The molecule has 1 atom stereocenters. The number of rotatable bonds is 7. The normalized spacial score (nSPS) is 13.8. The number of halogens is 1. The lowest BCUT2D eigenvalue weighted by Crippen LogP contribution is -2.30. The van der Waals surface area contributed by atoms with Crippen molar-refractivity contribution in [3.8, 4) is 12.1 Å². The van der Waals surface area contributed by atoms with Crippen LogP contribution in [-0.4, -0.2) is 32.2 Å². The van der Waals surface area contributed by atoms with Gasteiger partial charge in [0.25, 0.3) is 5.91 Å². The van der Waals surface area contributed by atoms with Gasteiger partial charge in [-0.15, -0.1) is 0 Å². The van der Waals surface area contributed by atoms with Crippen molar-refractivity contribution in [2.75, 3.05) is 7.11 Å². The molecule has 3 aromatic heterocycles. The van der Waals surface area contributed by atoms with E-state index in [0.29, 0.717) is 22.8 Å². The molecule has 10 heteroatoms. The number of fused-ring (bicyclic) bond motifs is 1. The predicted molar refractivity (Wildman–Crippen MR) is 122 cm³/mol. The molecule has 174 valence electrons. The second-order valence-corrected chi connectivity index (χ2v) is 8.36. The molecular weight excluding hydrogens is 449 g/mol. The average molecular weight is 469 g/mol. The molecule has 1 saturated carbocycles. The molecule has 5 rings (SSSR count). The molecule has 1 fully saturated rings. The van der Waals surface area contributed by atoms with Crippen LogP contribution in [0.25, 0.3) is 5.65 Å². The molecule has 9 nitrogen and oxygen atoms in total. The first-order valence-corrected chi connectivity index (χ1v) is 11.0. The van der Waals surface area contributed by atoms with Crippen LogP contribution in [0, 0.1) is 28.5 Å². The fraction of sp³-hybridized carbons (Fsp3) is 0.240. The number of hydrogen-bond acceptors (Lipinski definition) is 6. The molecule has 0 saturated heterocycles. The first kappa shape index (κ1) is 22.3. The Bertz CT molecular complexity index is 1520. The van der Waals surface area contributed by atoms with Gasteiger partial charge in [-0.3, -0.25) is 9.48 Å². The van der Waals surface area contributed by atoms with Gasteiger partial charge >= 0.3 is 0 Å². The Balaban J connectivity index is 1.34. The third-order valence-electron chi connectivity index (χ3n) is 5.94. The molecule has 35 heavy (non-hydrogen) atoms. The fourth-order valence-electron chi connectivity index (χ4n) is 4.06. The van der Waals surface area contributed by atoms with Gasteiger partial charge in [-0.2, -0.15) is 15.6 Å². The van der Waals surface area contributed by atoms with Crippen molar-refractivity contribution in [3.05, 3.63) is 88.4 Å². The van der Waals surface area contributed by atoms with Crippen LogP contribution >= 0.6 is 0 Å². The minimum atomic E-state index is -1.15. The summed E-state index contributed by atoms with van der Waals surface area (Å²) in [5.41, 5.74) is 3.19. The van der Waals surface area contributed by atoms with E-state index >= 15 is 0 Å². The zero-order chi connectivity index (χ0) is 24.5. The van der Waals surface area contributed by atoms with Gasteiger partial charge in [-0.25, -0.2) is 9.37 Å². The number of nitrogens with one attached hydrogen (secondary N) is 1. The third kappa shape index (κ3) is 4.35. The summed E-state index contributed by atoms with van der Waals surface area (Å²) < 4.78 is 23.0. The SMILES string of the molecule is COC(NC(=O)c1cnn(Cc2cn3cc(C4CC4)cc(C#N)c3n2)c1)c1c(F)cccc1C#N. The standard InChI is InChI=1S/C25H20FN7O2/c1-35-25(22-16(8-27)3-2-4-21(22)26)31-24(34)19-10-29-33(12-19)14-20-13-32-11-18(15-5-6-15)7-17(9-28)23(32)30-20/h2-4,7,10-13,15,25H,5-6,14H2,1H3,(H,31,34). The number of imidazole rings is 1. The molecule has 0 spiro atoms. The van der Waals surface area contributed by atoms with Crippen molar-refractivity contribution in [1.82, 2.24) is 24.5 Å². The summed E-state index contributed by atoms with van der Waals surface area (Å²) in [7, 11) is 1.31. The number of benzene rings is 1. The van der Waals surface area contributed by atoms with Crippen molar-refractivity contribution in [3.63, 3.8) is 0 Å². The summed E-state index contributed by atoms with van der Waals surface area (Å²) in [4.78, 5) is 17.4. The van der Waals surface area contributed by atoms with Gasteiger partial charge in [0.2, 0.25) is 0 Å². The van der Waals surface area contributed by atoms with E-state index in [1.54, 1.807) is 10.9 Å². The smallest absolute Gasteiger partial charge is 0.256 e. The van der Waals surface area contributed by atoms with Crippen molar-refractivity contribution >= 4 is 11.6 Å². The summed E-state index contributed by atoms with van der Waals surface area (Å²) in [6, 6.07) is 10.1. The number of pyridine rings is 1. The van der Waals surface area contributed by atoms with Crippen molar-refractivity contribution < 1.29 is 13.9 Å². The Hall–Kier alpha value is -4.54. The van der Waals surface area contributed by atoms with Gasteiger partial charge in [0.15, 0.2) is 11.9 Å². The van der Waals surface area contributed by atoms with Crippen LogP contribution in [0.4, 0.5) is 4.39 Å². The lowest BCUT2D eigenvalue weighted by molar-refractivity contribution is 0.0558. The highest BCUT2D eigenvalue weighted by Gasteiger charge is 2.25. The highest BCUT2D eigenvalue weighted by molar-refractivity contribution is 5.93. The minimum absolute atomic E-state index is 0.0400. The van der Waals surface area contributed by atoms with Crippen LogP contribution in [-0.2, 0) is 11.3 Å². The van der Waals surface area contributed by atoms with Crippen molar-refractivity contribution in [2.24, 2.45) is 0 Å². The number of hydrogen-bond donors (Lipinski definition) is 1. The summed E-state index contributed by atoms with van der Waals surface area (Å²) in [6.07, 6.45) is 7.91. The zero-order valence-electron chi connectivity index (χ0n) is 18.8. The number of carbonyl (C=O) groups is 1. The monoisotopic (exact) mass is 469 g/mol. The minimum Gasteiger partial charge on any atom is -0.357 e. The molecule has 0 bridgehead atoms. The molecule has 1 aliphatic carbocycles. The number of ether oxygens (including phenoxy) is 1. The fourth-order valence-corrected chi connectivity index (χ4v) is 4.06. The van der Waals surface area contributed by atoms with Crippen LogP contribution in [0.5, 0.6) is 0 Å². The average Bonchev–Trinajstić information content (AvgIpc) is 3.48. The molecule has 4 aromatic rings. The Morgan fingerprint density at radius 2 is 2.06 bits per heavy atom. The van der Waals surface area contributed by atoms with Gasteiger partial charge in [0.1, 0.15) is 11.9 Å². The number of methoxy groups -OCH3 is 1. The maximum atomic E-state index is 14.4. The Labute approximate surface area is 200 Å². The van der Waals surface area contributed by atoms with Gasteiger partial charge in [-0.1, -0.05) is 6.07 Å². The highest BCUT2D eigenvalue weighted by atomic mass is 19.1. The Morgan fingerprint density at radius 3 is 2.77 bits per heavy atom. The summed E-state index contributed by atoms with van der Waals surface area (Å²) in [6.45, 7) is 0.290. The largest absolute Gasteiger partial charge is 0.357 e. The van der Waals surface area contributed by atoms with E-state index in [1.807, 2.05) is 28.9 Å². The summed E-state index contributed by atoms with van der Waals surface area (Å²) in [5, 5.41) is 25.6. The molecule has 1 unspecified atom stereocenters.